The normalized spacial score (nSPS) is 12.7. The van der Waals surface area contributed by atoms with Crippen molar-refractivity contribution < 1.29 is 33.7 Å². The Labute approximate surface area is 220 Å². The monoisotopic (exact) mass is 566 g/mol. The van der Waals surface area contributed by atoms with Crippen LogP contribution in [-0.2, 0) is 23.2 Å². The van der Waals surface area contributed by atoms with Crippen molar-refractivity contribution in [2.45, 2.75) is 53.0 Å². The van der Waals surface area contributed by atoms with Crippen LogP contribution < -0.4 is 9.47 Å². The fraction of sp³-hybridized carbons (Fsp3) is 0.423. The number of fused-ring (bicyclic) bond motifs is 1. The highest BCUT2D eigenvalue weighted by Gasteiger charge is 2.33. The van der Waals surface area contributed by atoms with Gasteiger partial charge < -0.3 is 24.6 Å². The molecule has 0 aliphatic carbocycles. The zero-order valence-electron chi connectivity index (χ0n) is 21.0. The minimum Gasteiger partial charge on any atom is -0.507 e. The van der Waals surface area contributed by atoms with E-state index in [9.17, 15) is 19.8 Å². The third-order valence-corrected chi connectivity index (χ3v) is 5.77. The number of nitrogens with one attached hydrogen (secondary N) is 1. The fourth-order valence-corrected chi connectivity index (χ4v) is 4.15. The molecule has 0 unspecified atom stereocenters. The maximum atomic E-state index is 15.3. The molecule has 3 rings (SSSR count). The van der Waals surface area contributed by atoms with Crippen LogP contribution in [0, 0.1) is 11.2 Å². The van der Waals surface area contributed by atoms with Gasteiger partial charge in [-0.15, -0.1) is 17.0 Å². The number of carbonyl (C=O) groups excluding carboxylic acids is 1. The van der Waals surface area contributed by atoms with Gasteiger partial charge in [0, 0.05) is 23.2 Å². The molecular weight excluding hydrogens is 535 g/mol. The number of Topliss-reactive ketones (excluding diaryl/α,β-unsaturated/α-hetero) is 1. The molecule has 2 aromatic carbocycles. The number of halogens is 2. The van der Waals surface area contributed by atoms with Gasteiger partial charge in [-0.2, -0.15) is 0 Å². The third-order valence-electron chi connectivity index (χ3n) is 5.77. The molecule has 2 aromatic rings. The van der Waals surface area contributed by atoms with Crippen molar-refractivity contribution in [2.24, 2.45) is 0 Å². The van der Waals surface area contributed by atoms with E-state index < -0.39 is 23.6 Å². The van der Waals surface area contributed by atoms with Crippen LogP contribution in [0.3, 0.4) is 0 Å². The molecule has 0 amide bonds. The number of aliphatic carboxylic acids is 1. The number of rotatable bonds is 9. The summed E-state index contributed by atoms with van der Waals surface area (Å²) >= 11 is 0. The third kappa shape index (κ3) is 5.80. The van der Waals surface area contributed by atoms with Crippen molar-refractivity contribution >= 4 is 34.6 Å². The summed E-state index contributed by atoms with van der Waals surface area (Å²) in [5.41, 5.74) is 0.851. The average Bonchev–Trinajstić information content (AvgIpc) is 3.06. The van der Waals surface area contributed by atoms with Crippen LogP contribution in [-0.4, -0.2) is 52.5 Å². The van der Waals surface area contributed by atoms with Crippen LogP contribution in [0.2, 0.25) is 0 Å². The highest BCUT2D eigenvalue weighted by Crippen LogP contribution is 2.39. The summed E-state index contributed by atoms with van der Waals surface area (Å²) in [6.45, 7) is 9.50. The van der Waals surface area contributed by atoms with Crippen LogP contribution in [0.5, 0.6) is 17.2 Å². The molecule has 36 heavy (non-hydrogen) atoms. The number of ketones is 1. The van der Waals surface area contributed by atoms with Crippen molar-refractivity contribution in [2.75, 3.05) is 19.8 Å². The molecule has 0 aromatic heterocycles. The first kappa shape index (κ1) is 29.1. The maximum absolute atomic E-state index is 15.3. The second-order valence-electron chi connectivity index (χ2n) is 9.40. The van der Waals surface area contributed by atoms with Crippen molar-refractivity contribution in [1.29, 1.82) is 5.41 Å². The molecule has 196 valence electrons. The molecule has 1 aliphatic rings. The number of hydrogen-bond acceptors (Lipinski definition) is 6. The van der Waals surface area contributed by atoms with Crippen molar-refractivity contribution in [3.05, 3.63) is 51.8 Å². The number of carbonyl (C=O) groups is 2. The van der Waals surface area contributed by atoms with Gasteiger partial charge in [0.2, 0.25) is 0 Å². The first-order valence-corrected chi connectivity index (χ1v) is 11.4. The van der Waals surface area contributed by atoms with Crippen LogP contribution >= 0.6 is 17.0 Å². The highest BCUT2D eigenvalue weighted by molar-refractivity contribution is 8.93. The summed E-state index contributed by atoms with van der Waals surface area (Å²) in [7, 11) is 0. The number of hydrogen-bond donors (Lipinski definition) is 3. The lowest BCUT2D eigenvalue weighted by Crippen LogP contribution is -2.30. The fourth-order valence-electron chi connectivity index (χ4n) is 4.15. The number of nitrogens with zero attached hydrogens (tertiary/aromatic N) is 1. The molecule has 0 saturated heterocycles. The Morgan fingerprint density at radius 2 is 1.78 bits per heavy atom. The molecule has 0 radical (unpaired) electrons. The summed E-state index contributed by atoms with van der Waals surface area (Å²) in [5, 5.41) is 28.4. The van der Waals surface area contributed by atoms with Crippen LogP contribution in [0.1, 0.15) is 67.2 Å². The molecule has 0 spiro atoms. The van der Waals surface area contributed by atoms with E-state index in [1.807, 2.05) is 20.8 Å². The molecule has 0 atom stereocenters. The lowest BCUT2D eigenvalue weighted by atomic mass is 9.83. The van der Waals surface area contributed by atoms with Gasteiger partial charge >= 0.3 is 5.97 Å². The molecule has 1 heterocycles. The molecule has 0 fully saturated rings. The van der Waals surface area contributed by atoms with Gasteiger partial charge in [-0.3, -0.25) is 15.0 Å². The van der Waals surface area contributed by atoms with Crippen LogP contribution in [0.4, 0.5) is 4.39 Å². The highest BCUT2D eigenvalue weighted by atomic mass is 79.9. The van der Waals surface area contributed by atoms with E-state index in [-0.39, 0.29) is 82.2 Å². The Morgan fingerprint density at radius 1 is 1.14 bits per heavy atom. The number of aromatic hydroxyl groups is 1. The lowest BCUT2D eigenvalue weighted by Gasteiger charge is -2.23. The van der Waals surface area contributed by atoms with Gasteiger partial charge in [-0.25, -0.2) is 4.39 Å². The first-order chi connectivity index (χ1) is 16.4. The number of benzene rings is 2. The topological polar surface area (TPSA) is 120 Å². The molecule has 10 heteroatoms. The number of carboxylic acid groups (broad SMARTS) is 1. The van der Waals surface area contributed by atoms with Crippen molar-refractivity contribution in [1.82, 2.24) is 4.90 Å². The largest absolute Gasteiger partial charge is 0.507 e. The molecule has 0 bridgehead atoms. The minimum absolute atomic E-state index is 0. The summed E-state index contributed by atoms with van der Waals surface area (Å²) < 4.78 is 26.2. The van der Waals surface area contributed by atoms with Crippen LogP contribution in [0.15, 0.2) is 18.2 Å². The minimum atomic E-state index is -1.13. The Hall–Kier alpha value is -3.14. The van der Waals surface area contributed by atoms with E-state index in [1.54, 1.807) is 26.0 Å². The van der Waals surface area contributed by atoms with E-state index in [2.05, 4.69) is 0 Å². The summed E-state index contributed by atoms with van der Waals surface area (Å²) in [5.74, 6) is -2.31. The standard InChI is InChI=1S/C26H31FN2O6.BrH/c1-6-34-19-10-16-12-29(25(28)21(16)22(27)24(19)35-7-2)13-18(30)14-8-15(11-20(31)32)23(33)17(9-14)26(3,4)5;/h8-10,28,33H,6-7,11-13H2,1-5H3,(H,31,32);1H. The van der Waals surface area contributed by atoms with E-state index in [4.69, 9.17) is 14.9 Å². The average molecular weight is 567 g/mol. The van der Waals surface area contributed by atoms with E-state index in [0.29, 0.717) is 17.7 Å². The predicted molar refractivity (Wildman–Crippen MR) is 139 cm³/mol. The van der Waals surface area contributed by atoms with Crippen LogP contribution in [0.25, 0.3) is 0 Å². The summed E-state index contributed by atoms with van der Waals surface area (Å²) in [6.07, 6.45) is -0.438. The van der Waals surface area contributed by atoms with Gasteiger partial charge in [-0.05, 0) is 43.0 Å². The Bertz CT molecular complexity index is 1190. The zero-order valence-corrected chi connectivity index (χ0v) is 22.7. The summed E-state index contributed by atoms with van der Waals surface area (Å²) in [4.78, 5) is 26.0. The van der Waals surface area contributed by atoms with Gasteiger partial charge in [0.1, 0.15) is 11.6 Å². The zero-order chi connectivity index (χ0) is 26.1. The van der Waals surface area contributed by atoms with E-state index >= 15 is 4.39 Å². The molecule has 0 saturated carbocycles. The van der Waals surface area contributed by atoms with Crippen molar-refractivity contribution in [3.8, 4) is 17.2 Å². The Balaban J connectivity index is 0.00000456. The number of ether oxygens (including phenoxy) is 2. The number of amidine groups is 1. The molecule has 3 N–H and O–H groups in total. The van der Waals surface area contributed by atoms with Gasteiger partial charge in [-0.1, -0.05) is 20.8 Å². The Kier molecular flexibility index (Phi) is 9.12. The van der Waals surface area contributed by atoms with Gasteiger partial charge in [0.05, 0.1) is 31.7 Å². The van der Waals surface area contributed by atoms with E-state index in [1.165, 1.54) is 11.0 Å². The smallest absolute Gasteiger partial charge is 0.307 e. The predicted octanol–water partition coefficient (Wildman–Crippen LogP) is 4.86. The molecule has 1 aliphatic heterocycles. The number of phenolic OH excluding ortho intramolecular Hbond substituents is 1. The first-order valence-electron chi connectivity index (χ1n) is 11.4. The van der Waals surface area contributed by atoms with Crippen molar-refractivity contribution in [3.63, 3.8) is 0 Å². The Morgan fingerprint density at radius 3 is 2.33 bits per heavy atom. The number of carboxylic acids is 1. The summed E-state index contributed by atoms with van der Waals surface area (Å²) in [6, 6.07) is 4.56. The quantitative estimate of drug-likeness (QED) is 0.371. The maximum Gasteiger partial charge on any atom is 0.307 e. The number of phenols is 1. The SMILES string of the molecule is Br.CCOc1cc2c(c(F)c1OCC)C(=N)N(CC(=O)c1cc(CC(=O)O)c(O)c(C(C)(C)C)c1)C2. The van der Waals surface area contributed by atoms with Gasteiger partial charge in [0.15, 0.2) is 23.1 Å². The molecular formula is C26H32BrFN2O6. The lowest BCUT2D eigenvalue weighted by molar-refractivity contribution is -0.136. The van der Waals surface area contributed by atoms with E-state index in [0.717, 1.165) is 0 Å². The second kappa shape index (κ2) is 11.3. The second-order valence-corrected chi connectivity index (χ2v) is 9.40. The van der Waals surface area contributed by atoms with Gasteiger partial charge in [0.25, 0.3) is 0 Å². The molecule has 8 nitrogen and oxygen atoms in total.